The van der Waals surface area contributed by atoms with E-state index in [1.54, 1.807) is 6.92 Å². The molecule has 112 valence electrons. The third-order valence-corrected chi connectivity index (χ3v) is 4.08. The fraction of sp³-hybridized carbons (Fsp3) is 0.692. The van der Waals surface area contributed by atoms with Crippen molar-refractivity contribution >= 4 is 23.7 Å². The lowest BCUT2D eigenvalue weighted by Gasteiger charge is -2.29. The third kappa shape index (κ3) is 2.76. The summed E-state index contributed by atoms with van der Waals surface area (Å²) in [6, 6.07) is -1.64. The van der Waals surface area contributed by atoms with Crippen LogP contribution in [0.5, 0.6) is 0 Å². The highest BCUT2D eigenvalue weighted by Gasteiger charge is 2.46. The van der Waals surface area contributed by atoms with Crippen molar-refractivity contribution < 1.29 is 19.4 Å². The zero-order valence-electron chi connectivity index (χ0n) is 11.4. The molecule has 1 saturated heterocycles. The van der Waals surface area contributed by atoms with Crippen LogP contribution in [0.3, 0.4) is 0 Å². The summed E-state index contributed by atoms with van der Waals surface area (Å²) in [6.45, 7) is 1.61. The Morgan fingerprint density at radius 1 is 1.50 bits per heavy atom. The number of carbonyl (C=O) groups is 2. The molecule has 2 atom stereocenters. The van der Waals surface area contributed by atoms with Crippen LogP contribution in [0.1, 0.15) is 32.6 Å². The first-order chi connectivity index (χ1) is 9.60. The lowest BCUT2D eigenvalue weighted by molar-refractivity contribution is 0.110. The Labute approximate surface area is 122 Å². The van der Waals surface area contributed by atoms with Crippen molar-refractivity contribution in [3.8, 4) is 0 Å². The van der Waals surface area contributed by atoms with Crippen LogP contribution >= 0.6 is 11.6 Å². The van der Waals surface area contributed by atoms with Gasteiger partial charge in [0.05, 0.1) is 25.3 Å². The van der Waals surface area contributed by atoms with Gasteiger partial charge in [0.15, 0.2) is 0 Å². The summed E-state index contributed by atoms with van der Waals surface area (Å²) in [6.07, 6.45) is 2.74. The highest BCUT2D eigenvalue weighted by molar-refractivity contribution is 6.30. The lowest BCUT2D eigenvalue weighted by Crippen LogP contribution is -2.44. The zero-order valence-corrected chi connectivity index (χ0v) is 12.2. The average molecular weight is 303 g/mol. The standard InChI is InChI=1S/C13H19ClN2O4/c1-2-20-13(19)16-11(10(7-17)15-12(16)18)8-5-3-4-6-9(8)14/h10-11,17H,2-7H2,1H3,(H,15,18)/t10-,11-/m0/s1. The molecular formula is C13H19ClN2O4. The first kappa shape index (κ1) is 15.1. The van der Waals surface area contributed by atoms with E-state index in [-0.39, 0.29) is 13.2 Å². The SMILES string of the molecule is CCOC(=O)N1C(=O)N[C@@H](CO)[C@@H]1C1=C(Cl)CCCC1. The highest BCUT2D eigenvalue weighted by Crippen LogP contribution is 2.34. The number of carbonyl (C=O) groups excluding carboxylic acids is 2. The molecule has 0 spiro atoms. The van der Waals surface area contributed by atoms with Crippen LogP contribution < -0.4 is 5.32 Å². The van der Waals surface area contributed by atoms with Gasteiger partial charge in [-0.3, -0.25) is 0 Å². The van der Waals surface area contributed by atoms with E-state index in [2.05, 4.69) is 5.32 Å². The molecule has 0 saturated carbocycles. The van der Waals surface area contributed by atoms with Crippen molar-refractivity contribution in [1.29, 1.82) is 0 Å². The monoisotopic (exact) mass is 302 g/mol. The number of halogens is 1. The van der Waals surface area contributed by atoms with Gasteiger partial charge in [0.2, 0.25) is 0 Å². The van der Waals surface area contributed by atoms with E-state index < -0.39 is 24.2 Å². The fourth-order valence-electron chi connectivity index (χ4n) is 2.75. The van der Waals surface area contributed by atoms with Crippen molar-refractivity contribution in [3.05, 3.63) is 10.6 Å². The van der Waals surface area contributed by atoms with Gasteiger partial charge in [0.1, 0.15) is 0 Å². The Morgan fingerprint density at radius 2 is 2.20 bits per heavy atom. The minimum atomic E-state index is -0.700. The number of nitrogens with one attached hydrogen (secondary N) is 1. The third-order valence-electron chi connectivity index (χ3n) is 3.65. The predicted octanol–water partition coefficient (Wildman–Crippen LogP) is 1.96. The van der Waals surface area contributed by atoms with Gasteiger partial charge in [0.25, 0.3) is 0 Å². The molecule has 0 radical (unpaired) electrons. The summed E-state index contributed by atoms with van der Waals surface area (Å²) >= 11 is 6.26. The number of hydrogen-bond acceptors (Lipinski definition) is 4. The van der Waals surface area contributed by atoms with Crippen LogP contribution in [0.15, 0.2) is 10.6 Å². The Bertz CT molecular complexity index is 438. The number of imide groups is 1. The molecule has 0 aromatic heterocycles. The maximum atomic E-state index is 12.0. The van der Waals surface area contributed by atoms with E-state index in [9.17, 15) is 14.7 Å². The van der Waals surface area contributed by atoms with E-state index in [1.807, 2.05) is 0 Å². The molecule has 0 bridgehead atoms. The first-order valence-corrected chi connectivity index (χ1v) is 7.22. The number of nitrogens with zero attached hydrogens (tertiary/aromatic N) is 1. The number of rotatable bonds is 3. The summed E-state index contributed by atoms with van der Waals surface area (Å²) in [4.78, 5) is 25.0. The summed E-state index contributed by atoms with van der Waals surface area (Å²) < 4.78 is 4.92. The van der Waals surface area contributed by atoms with Gasteiger partial charge < -0.3 is 15.2 Å². The molecule has 3 amide bonds. The van der Waals surface area contributed by atoms with E-state index in [4.69, 9.17) is 16.3 Å². The van der Waals surface area contributed by atoms with Crippen LogP contribution in [0.2, 0.25) is 0 Å². The number of aliphatic hydroxyl groups excluding tert-OH is 1. The Morgan fingerprint density at radius 3 is 2.80 bits per heavy atom. The van der Waals surface area contributed by atoms with Crippen molar-refractivity contribution in [2.75, 3.05) is 13.2 Å². The molecule has 1 aliphatic carbocycles. The molecule has 1 fully saturated rings. The molecule has 6 nitrogen and oxygen atoms in total. The second kappa shape index (κ2) is 6.45. The second-order valence-corrected chi connectivity index (χ2v) is 5.35. The Kier molecular flexibility index (Phi) is 4.88. The van der Waals surface area contributed by atoms with Crippen LogP contribution in [0.25, 0.3) is 0 Å². The minimum absolute atomic E-state index is 0.186. The summed E-state index contributed by atoms with van der Waals surface area (Å²) in [7, 11) is 0. The smallest absolute Gasteiger partial charge is 0.418 e. The Balaban J connectivity index is 2.33. The molecule has 0 unspecified atom stereocenters. The summed E-state index contributed by atoms with van der Waals surface area (Å²) in [5, 5.41) is 12.7. The van der Waals surface area contributed by atoms with E-state index in [0.717, 1.165) is 36.2 Å². The van der Waals surface area contributed by atoms with Crippen molar-refractivity contribution in [1.82, 2.24) is 10.2 Å². The number of aliphatic hydroxyl groups is 1. The van der Waals surface area contributed by atoms with Gasteiger partial charge >= 0.3 is 12.1 Å². The van der Waals surface area contributed by atoms with Gasteiger partial charge in [-0.25, -0.2) is 14.5 Å². The summed E-state index contributed by atoms with van der Waals surface area (Å²) in [5.41, 5.74) is 0.850. The molecular weight excluding hydrogens is 284 g/mol. The van der Waals surface area contributed by atoms with Gasteiger partial charge in [-0.2, -0.15) is 0 Å². The van der Waals surface area contributed by atoms with Crippen molar-refractivity contribution in [2.24, 2.45) is 0 Å². The van der Waals surface area contributed by atoms with Crippen LogP contribution in [0, 0.1) is 0 Å². The minimum Gasteiger partial charge on any atom is -0.449 e. The number of allylic oxidation sites excluding steroid dienone is 1. The molecule has 0 aromatic carbocycles. The molecule has 2 aliphatic rings. The van der Waals surface area contributed by atoms with Crippen molar-refractivity contribution in [2.45, 2.75) is 44.7 Å². The average Bonchev–Trinajstić information content (AvgIpc) is 2.76. The molecule has 0 aromatic rings. The molecule has 1 heterocycles. The topological polar surface area (TPSA) is 78.9 Å². The number of urea groups is 1. The van der Waals surface area contributed by atoms with Gasteiger partial charge in [-0.1, -0.05) is 11.6 Å². The van der Waals surface area contributed by atoms with Crippen LogP contribution in [-0.2, 0) is 4.74 Å². The van der Waals surface area contributed by atoms with E-state index in [1.165, 1.54) is 0 Å². The molecule has 1 aliphatic heterocycles. The fourth-order valence-corrected chi connectivity index (χ4v) is 3.09. The molecule has 20 heavy (non-hydrogen) atoms. The zero-order chi connectivity index (χ0) is 14.7. The normalized spacial score (nSPS) is 26.8. The maximum absolute atomic E-state index is 12.0. The highest BCUT2D eigenvalue weighted by atomic mass is 35.5. The quantitative estimate of drug-likeness (QED) is 0.835. The predicted molar refractivity (Wildman–Crippen MR) is 73.4 cm³/mol. The van der Waals surface area contributed by atoms with Gasteiger partial charge in [0, 0.05) is 5.03 Å². The van der Waals surface area contributed by atoms with Gasteiger partial charge in [-0.15, -0.1) is 0 Å². The largest absolute Gasteiger partial charge is 0.449 e. The Hall–Kier alpha value is -1.27. The van der Waals surface area contributed by atoms with Gasteiger partial charge in [-0.05, 0) is 38.2 Å². The second-order valence-electron chi connectivity index (χ2n) is 4.89. The number of hydrogen-bond donors (Lipinski definition) is 2. The van der Waals surface area contributed by atoms with E-state index in [0.29, 0.717) is 5.03 Å². The molecule has 2 rings (SSSR count). The number of amides is 3. The summed E-state index contributed by atoms with van der Waals surface area (Å²) in [5.74, 6) is 0. The molecule has 2 N–H and O–H groups in total. The first-order valence-electron chi connectivity index (χ1n) is 6.84. The maximum Gasteiger partial charge on any atom is 0.418 e. The lowest BCUT2D eigenvalue weighted by atomic mass is 9.90. The van der Waals surface area contributed by atoms with E-state index >= 15 is 0 Å². The number of ether oxygens (including phenoxy) is 1. The van der Waals surface area contributed by atoms with Crippen LogP contribution in [-0.4, -0.2) is 47.4 Å². The van der Waals surface area contributed by atoms with Crippen LogP contribution in [0.4, 0.5) is 9.59 Å². The molecule has 7 heteroatoms. The van der Waals surface area contributed by atoms with Crippen molar-refractivity contribution in [3.63, 3.8) is 0 Å².